The molecule has 2 N–H and O–H groups in total. The standard InChI is InChI=1S/C13H27N3OP2/c1-18(2)13(19(3)4)15-8-12(9-15)16-6-5-14-7-11(16)10-17/h11-14,17H,1,3,5-10H2,2,4H3/q+2. The summed E-state index contributed by atoms with van der Waals surface area (Å²) < 4.78 is 0. The smallest absolute Gasteiger partial charge is 0.316 e. The van der Waals surface area contributed by atoms with Gasteiger partial charge in [0.25, 0.3) is 0 Å². The summed E-state index contributed by atoms with van der Waals surface area (Å²) in [7, 11) is -0.373. The molecule has 6 heteroatoms. The van der Waals surface area contributed by atoms with E-state index in [0.717, 1.165) is 32.7 Å². The lowest BCUT2D eigenvalue weighted by Gasteiger charge is -2.49. The number of aliphatic hydroxyl groups excluding tert-OH is 1. The quantitative estimate of drug-likeness (QED) is 0.717. The van der Waals surface area contributed by atoms with Crippen LogP contribution in [0.15, 0.2) is 0 Å². The highest BCUT2D eigenvalue weighted by molar-refractivity contribution is 7.72. The van der Waals surface area contributed by atoms with Gasteiger partial charge in [-0.05, 0) is 0 Å². The number of aliphatic hydroxyl groups is 1. The van der Waals surface area contributed by atoms with Crippen LogP contribution in [0.2, 0.25) is 0 Å². The molecule has 19 heavy (non-hydrogen) atoms. The van der Waals surface area contributed by atoms with Crippen LogP contribution in [0.5, 0.6) is 0 Å². The number of piperazine rings is 1. The molecule has 0 aromatic carbocycles. The van der Waals surface area contributed by atoms with Gasteiger partial charge < -0.3 is 10.4 Å². The van der Waals surface area contributed by atoms with Gasteiger partial charge in [0.15, 0.2) is 15.1 Å². The van der Waals surface area contributed by atoms with E-state index in [1.54, 1.807) is 0 Å². The normalized spacial score (nSPS) is 29.7. The predicted molar refractivity (Wildman–Crippen MR) is 89.5 cm³/mol. The lowest BCUT2D eigenvalue weighted by molar-refractivity contribution is -0.0131. The van der Waals surface area contributed by atoms with E-state index in [2.05, 4.69) is 41.0 Å². The molecular weight excluding hydrogens is 276 g/mol. The highest BCUT2D eigenvalue weighted by Gasteiger charge is 2.46. The molecule has 2 aliphatic rings. The van der Waals surface area contributed by atoms with E-state index in [9.17, 15) is 5.11 Å². The first-order valence-corrected chi connectivity index (χ1v) is 11.0. The Hall–Kier alpha value is 0.180. The Bertz CT molecular complexity index is 344. The molecule has 0 saturated carbocycles. The Balaban J connectivity index is 1.91. The van der Waals surface area contributed by atoms with Crippen molar-refractivity contribution in [2.45, 2.75) is 17.6 Å². The van der Waals surface area contributed by atoms with E-state index in [4.69, 9.17) is 0 Å². The fraction of sp³-hybridized carbons (Fsp3) is 0.846. The highest BCUT2D eigenvalue weighted by Crippen LogP contribution is 2.44. The largest absolute Gasteiger partial charge is 0.395 e. The van der Waals surface area contributed by atoms with E-state index < -0.39 is 0 Å². The van der Waals surface area contributed by atoms with Crippen molar-refractivity contribution < 1.29 is 5.11 Å². The molecule has 0 amide bonds. The van der Waals surface area contributed by atoms with Gasteiger partial charge in [0.2, 0.25) is 0 Å². The van der Waals surface area contributed by atoms with Crippen LogP contribution in [0.4, 0.5) is 0 Å². The number of hydrogen-bond donors (Lipinski definition) is 2. The maximum Gasteiger partial charge on any atom is 0.316 e. The van der Waals surface area contributed by atoms with Crippen LogP contribution in [-0.4, -0.2) is 97.8 Å². The van der Waals surface area contributed by atoms with Gasteiger partial charge in [-0.3, -0.25) is 4.90 Å². The monoisotopic (exact) mass is 303 g/mol. The Morgan fingerprint density at radius 2 is 1.95 bits per heavy atom. The SMILES string of the molecule is C=[P+](C)C(N1CC(N2CCNCC2CO)C1)[P+](=C)C. The number of nitrogens with zero attached hydrogens (tertiary/aromatic N) is 2. The van der Waals surface area contributed by atoms with E-state index in [-0.39, 0.29) is 21.7 Å². The second kappa shape index (κ2) is 6.76. The second-order valence-corrected chi connectivity index (χ2v) is 10.2. The van der Waals surface area contributed by atoms with Crippen molar-refractivity contribution in [1.82, 2.24) is 15.1 Å². The molecule has 0 aromatic rings. The van der Waals surface area contributed by atoms with Crippen molar-refractivity contribution in [3.63, 3.8) is 0 Å². The molecule has 0 aliphatic carbocycles. The minimum absolute atomic E-state index is 0.187. The Labute approximate surface area is 118 Å². The van der Waals surface area contributed by atoms with Crippen LogP contribution >= 0.6 is 15.1 Å². The topological polar surface area (TPSA) is 38.7 Å². The first-order chi connectivity index (χ1) is 9.04. The molecule has 2 fully saturated rings. The molecule has 3 unspecified atom stereocenters. The minimum Gasteiger partial charge on any atom is -0.395 e. The first-order valence-electron chi connectivity index (χ1n) is 6.92. The van der Waals surface area contributed by atoms with Gasteiger partial charge in [-0.1, -0.05) is 0 Å². The molecule has 0 bridgehead atoms. The van der Waals surface area contributed by atoms with E-state index in [1.807, 2.05) is 0 Å². The van der Waals surface area contributed by atoms with Crippen LogP contribution in [-0.2, 0) is 0 Å². The molecule has 2 rings (SSSR count). The lowest BCUT2D eigenvalue weighted by atomic mass is 10.0. The zero-order chi connectivity index (χ0) is 14.0. The number of likely N-dealkylation sites (tertiary alicyclic amines) is 1. The first kappa shape index (κ1) is 15.6. The second-order valence-electron chi connectivity index (χ2n) is 5.75. The summed E-state index contributed by atoms with van der Waals surface area (Å²) in [5, 5.41) is 12.8. The van der Waals surface area contributed by atoms with Crippen LogP contribution in [0.25, 0.3) is 0 Å². The third-order valence-electron chi connectivity index (χ3n) is 4.08. The van der Waals surface area contributed by atoms with Gasteiger partial charge in [0.05, 0.1) is 19.2 Å². The highest BCUT2D eigenvalue weighted by atomic mass is 31.2. The van der Waals surface area contributed by atoms with Crippen LogP contribution in [0, 0.1) is 0 Å². The van der Waals surface area contributed by atoms with Crippen LogP contribution < -0.4 is 5.32 Å². The molecule has 2 saturated heterocycles. The summed E-state index contributed by atoms with van der Waals surface area (Å²) in [6.45, 7) is 10.1. The molecule has 2 aliphatic heterocycles. The molecule has 0 radical (unpaired) electrons. The molecule has 0 spiro atoms. The van der Waals surface area contributed by atoms with Gasteiger partial charge >= 0.3 is 5.52 Å². The van der Waals surface area contributed by atoms with Gasteiger partial charge in [0.1, 0.15) is 13.3 Å². The Morgan fingerprint density at radius 3 is 2.47 bits per heavy atom. The number of hydrogen-bond acceptors (Lipinski definition) is 4. The maximum absolute atomic E-state index is 9.47. The summed E-state index contributed by atoms with van der Waals surface area (Å²) in [6, 6.07) is 0.914. The van der Waals surface area contributed by atoms with E-state index >= 15 is 0 Å². The average molecular weight is 303 g/mol. The third kappa shape index (κ3) is 3.44. The zero-order valence-corrected chi connectivity index (χ0v) is 13.9. The number of nitrogens with one attached hydrogen (secondary N) is 1. The van der Waals surface area contributed by atoms with Gasteiger partial charge in [-0.25, -0.2) is 4.90 Å². The summed E-state index contributed by atoms with van der Waals surface area (Å²) in [5.74, 6) is 0. The van der Waals surface area contributed by atoms with Crippen molar-refractivity contribution in [1.29, 1.82) is 0 Å². The average Bonchev–Trinajstić information content (AvgIpc) is 2.32. The number of rotatable bonds is 5. The zero-order valence-electron chi connectivity index (χ0n) is 12.1. The third-order valence-corrected chi connectivity index (χ3v) is 8.68. The van der Waals surface area contributed by atoms with Crippen molar-refractivity contribution in [3.05, 3.63) is 0 Å². The molecule has 108 valence electrons. The fourth-order valence-corrected chi connectivity index (χ4v) is 7.39. The molecule has 2 heterocycles. The van der Waals surface area contributed by atoms with Crippen molar-refractivity contribution in [3.8, 4) is 0 Å². The molecular formula is C13H27N3OP2+2. The fourth-order valence-electron chi connectivity index (χ4n) is 3.21. The molecule has 3 atom stereocenters. The van der Waals surface area contributed by atoms with Crippen molar-refractivity contribution in [2.75, 3.05) is 52.7 Å². The van der Waals surface area contributed by atoms with Crippen LogP contribution in [0.1, 0.15) is 0 Å². The predicted octanol–water partition coefficient (Wildman–Crippen LogP) is 0.308. The van der Waals surface area contributed by atoms with Crippen molar-refractivity contribution in [2.24, 2.45) is 0 Å². The Kier molecular flexibility index (Phi) is 5.54. The Morgan fingerprint density at radius 1 is 1.32 bits per heavy atom. The van der Waals surface area contributed by atoms with Gasteiger partial charge in [-0.2, -0.15) is 0 Å². The van der Waals surface area contributed by atoms with E-state index in [0.29, 0.717) is 17.6 Å². The summed E-state index contributed by atoms with van der Waals surface area (Å²) in [5.41, 5.74) is 0.608. The summed E-state index contributed by atoms with van der Waals surface area (Å²) >= 11 is 0. The molecule has 0 aromatic heterocycles. The van der Waals surface area contributed by atoms with E-state index in [1.165, 1.54) is 0 Å². The van der Waals surface area contributed by atoms with Crippen LogP contribution in [0.3, 0.4) is 0 Å². The summed E-state index contributed by atoms with van der Waals surface area (Å²) in [4.78, 5) is 5.06. The maximum atomic E-state index is 9.47. The summed E-state index contributed by atoms with van der Waals surface area (Å²) in [6.07, 6.45) is 8.53. The van der Waals surface area contributed by atoms with Gasteiger partial charge in [-0.15, -0.1) is 0 Å². The van der Waals surface area contributed by atoms with Gasteiger partial charge in [0, 0.05) is 44.8 Å². The van der Waals surface area contributed by atoms with Crippen molar-refractivity contribution >= 4 is 27.7 Å². The molecule has 4 nitrogen and oxygen atoms in total. The minimum atomic E-state index is -0.187. The lowest BCUT2D eigenvalue weighted by Crippen LogP contribution is -2.67.